The molecule has 2 aromatic heterocycles. The third-order valence-corrected chi connectivity index (χ3v) is 7.41. The van der Waals surface area contributed by atoms with Gasteiger partial charge in [0, 0.05) is 18.0 Å². The molecule has 5 rings (SSSR count). The highest BCUT2D eigenvalue weighted by Gasteiger charge is 2.25. The van der Waals surface area contributed by atoms with Gasteiger partial charge in [0.2, 0.25) is 5.91 Å². The van der Waals surface area contributed by atoms with Crippen molar-refractivity contribution < 1.29 is 9.59 Å². The van der Waals surface area contributed by atoms with Gasteiger partial charge in [0.1, 0.15) is 11.4 Å². The Kier molecular flexibility index (Phi) is 6.45. The SMILES string of the molecule is Cc1nn(-c2ccccc2)c2sc(C(=O)N(CC(=O)NC3CCCC3)Cc3ccccc3)cc12. The van der Waals surface area contributed by atoms with Gasteiger partial charge in [0.15, 0.2) is 0 Å². The van der Waals surface area contributed by atoms with Crippen molar-refractivity contribution in [3.8, 4) is 5.69 Å². The summed E-state index contributed by atoms with van der Waals surface area (Å²) in [5.74, 6) is -0.227. The molecule has 0 spiro atoms. The molecule has 0 radical (unpaired) electrons. The van der Waals surface area contributed by atoms with Crippen LogP contribution in [0.5, 0.6) is 0 Å². The van der Waals surface area contributed by atoms with Crippen LogP contribution in [0.25, 0.3) is 15.9 Å². The Hall–Kier alpha value is -3.45. The number of fused-ring (bicyclic) bond motifs is 1. The molecular weight excluding hydrogens is 444 g/mol. The summed E-state index contributed by atoms with van der Waals surface area (Å²) in [4.78, 5) is 29.7. The summed E-state index contributed by atoms with van der Waals surface area (Å²) in [6, 6.07) is 21.9. The summed E-state index contributed by atoms with van der Waals surface area (Å²) >= 11 is 1.42. The van der Waals surface area contributed by atoms with Gasteiger partial charge in [-0.3, -0.25) is 9.59 Å². The number of aromatic nitrogens is 2. The van der Waals surface area contributed by atoms with Crippen LogP contribution in [0.4, 0.5) is 0 Å². The van der Waals surface area contributed by atoms with Crippen molar-refractivity contribution in [1.82, 2.24) is 20.0 Å². The Morgan fingerprint density at radius 1 is 1.06 bits per heavy atom. The van der Waals surface area contributed by atoms with Gasteiger partial charge in [0.05, 0.1) is 16.3 Å². The first-order valence-corrected chi connectivity index (χ1v) is 12.6. The quantitative estimate of drug-likeness (QED) is 0.407. The number of benzene rings is 2. The van der Waals surface area contributed by atoms with E-state index in [0.29, 0.717) is 11.4 Å². The topological polar surface area (TPSA) is 67.2 Å². The zero-order valence-electron chi connectivity index (χ0n) is 19.2. The number of amides is 2. The molecule has 7 heteroatoms. The second kappa shape index (κ2) is 9.81. The molecule has 1 aliphatic rings. The largest absolute Gasteiger partial charge is 0.352 e. The summed E-state index contributed by atoms with van der Waals surface area (Å²) in [5, 5.41) is 8.76. The van der Waals surface area contributed by atoms with Gasteiger partial charge in [-0.1, -0.05) is 61.4 Å². The Bertz CT molecular complexity index is 1290. The van der Waals surface area contributed by atoms with Gasteiger partial charge < -0.3 is 10.2 Å². The average Bonchev–Trinajstić information content (AvgIpc) is 3.58. The van der Waals surface area contributed by atoms with E-state index in [1.807, 2.05) is 78.3 Å². The number of rotatable bonds is 7. The predicted molar refractivity (Wildman–Crippen MR) is 135 cm³/mol. The van der Waals surface area contributed by atoms with Crippen molar-refractivity contribution in [3.05, 3.63) is 82.9 Å². The number of aryl methyl sites for hydroxylation is 1. The van der Waals surface area contributed by atoms with Crippen molar-refractivity contribution in [3.63, 3.8) is 0 Å². The van der Waals surface area contributed by atoms with Crippen molar-refractivity contribution in [2.75, 3.05) is 6.54 Å². The van der Waals surface area contributed by atoms with E-state index in [9.17, 15) is 9.59 Å². The van der Waals surface area contributed by atoms with Crippen molar-refractivity contribution in [2.45, 2.75) is 45.2 Å². The van der Waals surface area contributed by atoms with E-state index >= 15 is 0 Å². The molecule has 2 amide bonds. The normalized spacial score (nSPS) is 13.9. The molecular formula is C27H28N4O2S. The number of nitrogens with one attached hydrogen (secondary N) is 1. The molecule has 0 unspecified atom stereocenters. The molecule has 0 bridgehead atoms. The first-order valence-electron chi connectivity index (χ1n) is 11.8. The second-order valence-electron chi connectivity index (χ2n) is 8.86. The number of hydrogen-bond acceptors (Lipinski definition) is 4. The van der Waals surface area contributed by atoms with E-state index in [-0.39, 0.29) is 24.4 Å². The lowest BCUT2D eigenvalue weighted by atomic mass is 10.2. The van der Waals surface area contributed by atoms with Gasteiger partial charge in [-0.25, -0.2) is 4.68 Å². The highest BCUT2D eigenvalue weighted by Crippen LogP contribution is 2.31. The average molecular weight is 473 g/mol. The van der Waals surface area contributed by atoms with Gasteiger partial charge in [0.25, 0.3) is 5.91 Å². The molecule has 0 aliphatic heterocycles. The second-order valence-corrected chi connectivity index (χ2v) is 9.89. The van der Waals surface area contributed by atoms with E-state index in [1.165, 1.54) is 11.3 Å². The predicted octanol–water partition coefficient (Wildman–Crippen LogP) is 5.10. The lowest BCUT2D eigenvalue weighted by Gasteiger charge is -2.23. The smallest absolute Gasteiger partial charge is 0.264 e. The molecule has 0 atom stereocenters. The third kappa shape index (κ3) is 4.75. The maximum absolute atomic E-state index is 13.7. The lowest BCUT2D eigenvalue weighted by molar-refractivity contribution is -0.122. The summed E-state index contributed by atoms with van der Waals surface area (Å²) in [6.45, 7) is 2.39. The Balaban J connectivity index is 1.43. The molecule has 1 saturated carbocycles. The summed E-state index contributed by atoms with van der Waals surface area (Å²) in [5.41, 5.74) is 2.83. The number of nitrogens with zero attached hydrogens (tertiary/aromatic N) is 3. The molecule has 2 aromatic carbocycles. The molecule has 1 fully saturated rings. The van der Waals surface area contributed by atoms with Crippen LogP contribution in [0.15, 0.2) is 66.7 Å². The van der Waals surface area contributed by atoms with Crippen molar-refractivity contribution >= 4 is 33.4 Å². The van der Waals surface area contributed by atoms with Crippen LogP contribution in [-0.4, -0.2) is 39.1 Å². The molecule has 34 heavy (non-hydrogen) atoms. The maximum atomic E-state index is 13.7. The Morgan fingerprint density at radius 3 is 2.44 bits per heavy atom. The van der Waals surface area contributed by atoms with E-state index in [1.54, 1.807) is 4.90 Å². The first-order chi connectivity index (χ1) is 16.6. The van der Waals surface area contributed by atoms with Gasteiger partial charge >= 0.3 is 0 Å². The Morgan fingerprint density at radius 2 is 1.74 bits per heavy atom. The van der Waals surface area contributed by atoms with Crippen LogP contribution in [0.3, 0.4) is 0 Å². The number of para-hydroxylation sites is 1. The minimum atomic E-state index is -0.134. The van der Waals surface area contributed by atoms with Gasteiger partial charge in [-0.2, -0.15) is 5.10 Å². The first kappa shape index (κ1) is 22.3. The lowest BCUT2D eigenvalue weighted by Crippen LogP contribution is -2.43. The standard InChI is InChI=1S/C27H28N4O2S/c1-19-23-16-24(34-27(23)31(29-19)22-14-6-3-7-15-22)26(33)30(17-20-10-4-2-5-11-20)18-25(32)28-21-12-8-9-13-21/h2-7,10-11,14-16,21H,8-9,12-13,17-18H2,1H3,(H,28,32). The van der Waals surface area contributed by atoms with Crippen molar-refractivity contribution in [2.24, 2.45) is 0 Å². The maximum Gasteiger partial charge on any atom is 0.264 e. The number of carbonyl (C=O) groups is 2. The van der Waals surface area contributed by atoms with Crippen LogP contribution < -0.4 is 5.32 Å². The summed E-state index contributed by atoms with van der Waals surface area (Å²) < 4.78 is 1.89. The fourth-order valence-corrected chi connectivity index (χ4v) is 5.72. The number of thiophene rings is 1. The highest BCUT2D eigenvalue weighted by molar-refractivity contribution is 7.20. The monoisotopic (exact) mass is 472 g/mol. The minimum Gasteiger partial charge on any atom is -0.352 e. The summed E-state index contributed by atoms with van der Waals surface area (Å²) in [6.07, 6.45) is 4.34. The third-order valence-electron chi connectivity index (χ3n) is 6.31. The van der Waals surface area contributed by atoms with Crippen LogP contribution in [0.2, 0.25) is 0 Å². The molecule has 2 heterocycles. The van der Waals surface area contributed by atoms with Crippen LogP contribution in [0, 0.1) is 6.92 Å². The molecule has 1 N–H and O–H groups in total. The minimum absolute atomic E-state index is 0.0439. The number of carbonyl (C=O) groups excluding carboxylic acids is 2. The summed E-state index contributed by atoms with van der Waals surface area (Å²) in [7, 11) is 0. The van der Waals surface area contributed by atoms with E-state index < -0.39 is 0 Å². The van der Waals surface area contributed by atoms with Gasteiger partial charge in [-0.15, -0.1) is 11.3 Å². The van der Waals surface area contributed by atoms with E-state index in [2.05, 4.69) is 10.4 Å². The Labute approximate surface area is 203 Å². The van der Waals surface area contributed by atoms with Crippen LogP contribution >= 0.6 is 11.3 Å². The molecule has 174 valence electrons. The molecule has 1 aliphatic carbocycles. The molecule has 0 saturated heterocycles. The number of hydrogen-bond donors (Lipinski definition) is 1. The molecule has 6 nitrogen and oxygen atoms in total. The van der Waals surface area contributed by atoms with Crippen LogP contribution in [0.1, 0.15) is 46.6 Å². The van der Waals surface area contributed by atoms with Crippen molar-refractivity contribution in [1.29, 1.82) is 0 Å². The van der Waals surface area contributed by atoms with E-state index in [0.717, 1.165) is 52.8 Å². The fourth-order valence-electron chi connectivity index (χ4n) is 4.57. The zero-order valence-corrected chi connectivity index (χ0v) is 20.1. The van der Waals surface area contributed by atoms with E-state index in [4.69, 9.17) is 0 Å². The molecule has 4 aromatic rings. The highest BCUT2D eigenvalue weighted by atomic mass is 32.1. The fraction of sp³-hybridized carbons (Fsp3) is 0.296. The van der Waals surface area contributed by atoms with Crippen LogP contribution in [-0.2, 0) is 11.3 Å². The zero-order chi connectivity index (χ0) is 23.5. The van der Waals surface area contributed by atoms with Gasteiger partial charge in [-0.05, 0) is 43.5 Å².